The fourth-order valence-corrected chi connectivity index (χ4v) is 8.13. The van der Waals surface area contributed by atoms with Crippen LogP contribution in [-0.2, 0) is 6.42 Å². The lowest BCUT2D eigenvalue weighted by Crippen LogP contribution is -3.00. The molecule has 0 aliphatic heterocycles. The SMILES string of the molecule is [Cl-].c1ccc(CC[P+](c2ccccc2)(c2ccccc2)c2ccccc2)cc1. The maximum atomic E-state index is 2.32. The van der Waals surface area contributed by atoms with Gasteiger partial charge in [-0.1, -0.05) is 84.9 Å². The molecular weight excluding hydrogens is 379 g/mol. The normalized spacial score (nSPS) is 10.9. The van der Waals surface area contributed by atoms with E-state index in [9.17, 15) is 0 Å². The summed E-state index contributed by atoms with van der Waals surface area (Å²) in [7, 11) is -1.72. The molecule has 2 heteroatoms. The highest BCUT2D eigenvalue weighted by molar-refractivity contribution is 7.95. The van der Waals surface area contributed by atoms with Crippen LogP contribution in [0.25, 0.3) is 0 Å². The standard InChI is InChI=1S/C26H24P.ClH/c1-5-13-23(14-6-1)21-22-27(24-15-7-2-8-16-24,25-17-9-3-10-18-25)26-19-11-4-12-20-26;/h1-20H,21-22H2;1H/q+1;/p-1. The monoisotopic (exact) mass is 402 g/mol. The molecule has 0 heterocycles. The molecule has 0 bridgehead atoms. The summed E-state index contributed by atoms with van der Waals surface area (Å²) >= 11 is 0. The zero-order valence-corrected chi connectivity index (χ0v) is 17.4. The fraction of sp³-hybridized carbons (Fsp3) is 0.0769. The predicted molar refractivity (Wildman–Crippen MR) is 120 cm³/mol. The molecular formula is C26H24ClP. The third-order valence-electron chi connectivity index (χ3n) is 5.17. The van der Waals surface area contributed by atoms with Crippen LogP contribution < -0.4 is 28.3 Å². The van der Waals surface area contributed by atoms with Crippen molar-refractivity contribution < 1.29 is 12.4 Å². The van der Waals surface area contributed by atoms with Gasteiger partial charge in [0, 0.05) is 6.42 Å². The maximum absolute atomic E-state index is 2.32. The molecule has 0 saturated heterocycles. The molecule has 28 heavy (non-hydrogen) atoms. The Kier molecular flexibility index (Phi) is 7.04. The number of halogens is 1. The number of hydrogen-bond acceptors (Lipinski definition) is 0. The summed E-state index contributed by atoms with van der Waals surface area (Å²) in [6.07, 6.45) is 2.21. The zero-order valence-electron chi connectivity index (χ0n) is 15.8. The molecule has 0 aromatic heterocycles. The van der Waals surface area contributed by atoms with Gasteiger partial charge in [-0.05, 0) is 42.0 Å². The Morgan fingerprint density at radius 3 is 1.11 bits per heavy atom. The van der Waals surface area contributed by atoms with E-state index in [1.54, 1.807) is 0 Å². The van der Waals surface area contributed by atoms with Gasteiger partial charge in [0.15, 0.2) is 0 Å². The summed E-state index contributed by atoms with van der Waals surface area (Å²) in [6.45, 7) is 0. The minimum Gasteiger partial charge on any atom is -1.00 e. The molecule has 0 aliphatic carbocycles. The van der Waals surface area contributed by atoms with Crippen LogP contribution in [0.2, 0.25) is 0 Å². The molecule has 0 fully saturated rings. The third kappa shape index (κ3) is 4.20. The number of rotatable bonds is 6. The average molecular weight is 403 g/mol. The second-order valence-electron chi connectivity index (χ2n) is 6.78. The molecule has 0 amide bonds. The number of aryl methyl sites for hydroxylation is 1. The van der Waals surface area contributed by atoms with Crippen LogP contribution in [0.3, 0.4) is 0 Å². The van der Waals surface area contributed by atoms with Crippen molar-refractivity contribution >= 4 is 23.2 Å². The van der Waals surface area contributed by atoms with Gasteiger partial charge in [-0.15, -0.1) is 0 Å². The van der Waals surface area contributed by atoms with Crippen LogP contribution in [-0.4, -0.2) is 6.16 Å². The van der Waals surface area contributed by atoms with E-state index in [1.807, 2.05) is 0 Å². The van der Waals surface area contributed by atoms with Gasteiger partial charge in [0.05, 0.1) is 6.16 Å². The molecule has 4 rings (SSSR count). The molecule has 0 unspecified atom stereocenters. The Labute approximate surface area is 175 Å². The highest BCUT2D eigenvalue weighted by Crippen LogP contribution is 2.55. The lowest BCUT2D eigenvalue weighted by Gasteiger charge is -2.27. The van der Waals surface area contributed by atoms with Crippen LogP contribution in [0.5, 0.6) is 0 Å². The van der Waals surface area contributed by atoms with Crippen LogP contribution in [0, 0.1) is 0 Å². The second kappa shape index (κ2) is 9.69. The van der Waals surface area contributed by atoms with E-state index >= 15 is 0 Å². The minimum atomic E-state index is -1.72. The molecule has 0 saturated carbocycles. The van der Waals surface area contributed by atoms with Crippen LogP contribution in [0.4, 0.5) is 0 Å². The maximum Gasteiger partial charge on any atom is 0.112 e. The first kappa shape index (κ1) is 20.3. The smallest absolute Gasteiger partial charge is 0.112 e. The Bertz CT molecular complexity index is 858. The van der Waals surface area contributed by atoms with Crippen molar-refractivity contribution in [3.8, 4) is 0 Å². The average Bonchev–Trinajstić information content (AvgIpc) is 2.77. The molecule has 0 nitrogen and oxygen atoms in total. The van der Waals surface area contributed by atoms with E-state index in [0.717, 1.165) is 12.6 Å². The van der Waals surface area contributed by atoms with Crippen molar-refractivity contribution in [3.05, 3.63) is 127 Å². The Balaban J connectivity index is 0.00000225. The largest absolute Gasteiger partial charge is 1.00 e. The van der Waals surface area contributed by atoms with Crippen LogP contribution in [0.1, 0.15) is 5.56 Å². The minimum absolute atomic E-state index is 0. The Morgan fingerprint density at radius 1 is 0.429 bits per heavy atom. The second-order valence-corrected chi connectivity index (χ2v) is 10.4. The van der Waals surface area contributed by atoms with Crippen molar-refractivity contribution in [1.29, 1.82) is 0 Å². The summed E-state index contributed by atoms with van der Waals surface area (Å²) < 4.78 is 0. The Hall–Kier alpha value is -2.40. The van der Waals surface area contributed by atoms with E-state index in [2.05, 4.69) is 121 Å². The summed E-state index contributed by atoms with van der Waals surface area (Å²) in [5, 5.41) is 4.37. The van der Waals surface area contributed by atoms with Crippen molar-refractivity contribution in [3.63, 3.8) is 0 Å². The van der Waals surface area contributed by atoms with E-state index in [1.165, 1.54) is 21.5 Å². The van der Waals surface area contributed by atoms with Gasteiger partial charge < -0.3 is 12.4 Å². The highest BCUT2D eigenvalue weighted by Gasteiger charge is 2.44. The molecule has 0 spiro atoms. The van der Waals surface area contributed by atoms with E-state index in [4.69, 9.17) is 0 Å². The topological polar surface area (TPSA) is 0 Å². The van der Waals surface area contributed by atoms with Crippen molar-refractivity contribution in [2.75, 3.05) is 6.16 Å². The quantitative estimate of drug-likeness (QED) is 0.434. The van der Waals surface area contributed by atoms with Gasteiger partial charge in [-0.2, -0.15) is 0 Å². The molecule has 0 N–H and O–H groups in total. The summed E-state index contributed by atoms with van der Waals surface area (Å²) in [4.78, 5) is 0. The Morgan fingerprint density at radius 2 is 0.750 bits per heavy atom. The molecule has 0 aliphatic rings. The first-order chi connectivity index (χ1) is 13.4. The van der Waals surface area contributed by atoms with Crippen LogP contribution in [0.15, 0.2) is 121 Å². The third-order valence-corrected chi connectivity index (χ3v) is 9.60. The predicted octanol–water partition coefficient (Wildman–Crippen LogP) is 2.23. The van der Waals surface area contributed by atoms with Gasteiger partial charge in [0.1, 0.15) is 23.2 Å². The van der Waals surface area contributed by atoms with Gasteiger partial charge in [0.2, 0.25) is 0 Å². The van der Waals surface area contributed by atoms with Gasteiger partial charge in [-0.25, -0.2) is 0 Å². The zero-order chi connectivity index (χ0) is 18.4. The molecule has 140 valence electrons. The fourth-order valence-electron chi connectivity index (χ4n) is 3.82. The molecule has 4 aromatic carbocycles. The van der Waals surface area contributed by atoms with Gasteiger partial charge in [0.25, 0.3) is 0 Å². The van der Waals surface area contributed by atoms with Crippen molar-refractivity contribution in [1.82, 2.24) is 0 Å². The summed E-state index contributed by atoms with van der Waals surface area (Å²) in [5.41, 5.74) is 1.41. The molecule has 4 aromatic rings. The van der Waals surface area contributed by atoms with Crippen molar-refractivity contribution in [2.45, 2.75) is 6.42 Å². The highest BCUT2D eigenvalue weighted by atomic mass is 35.5. The first-order valence-electron chi connectivity index (χ1n) is 9.48. The van der Waals surface area contributed by atoms with Crippen LogP contribution >= 0.6 is 7.26 Å². The van der Waals surface area contributed by atoms with Gasteiger partial charge in [-0.3, -0.25) is 0 Å². The number of benzene rings is 4. The lowest BCUT2D eigenvalue weighted by molar-refractivity contribution is -0.00000520. The first-order valence-corrected chi connectivity index (χ1v) is 11.5. The van der Waals surface area contributed by atoms with E-state index in [-0.39, 0.29) is 12.4 Å². The summed E-state index contributed by atoms with van der Waals surface area (Å²) in [6, 6.07) is 44.2. The molecule has 0 radical (unpaired) electrons. The number of hydrogen-bond donors (Lipinski definition) is 0. The van der Waals surface area contributed by atoms with Gasteiger partial charge >= 0.3 is 0 Å². The van der Waals surface area contributed by atoms with E-state index < -0.39 is 7.26 Å². The molecule has 0 atom stereocenters. The van der Waals surface area contributed by atoms with Crippen molar-refractivity contribution in [2.24, 2.45) is 0 Å². The summed E-state index contributed by atoms with van der Waals surface area (Å²) in [5.74, 6) is 0. The lowest BCUT2D eigenvalue weighted by atomic mass is 10.2. The van der Waals surface area contributed by atoms with E-state index in [0.29, 0.717) is 0 Å².